The number of ether oxygens (including phenoxy) is 1. The normalized spacial score (nSPS) is 14.8. The Labute approximate surface area is 191 Å². The van der Waals surface area contributed by atoms with Gasteiger partial charge in [-0.2, -0.15) is 4.31 Å². The van der Waals surface area contributed by atoms with Crippen LogP contribution in [0.2, 0.25) is 0 Å². The van der Waals surface area contributed by atoms with Crippen LogP contribution in [0.3, 0.4) is 0 Å². The third kappa shape index (κ3) is 5.93. The Morgan fingerprint density at radius 3 is 2.21 bits per heavy atom. The van der Waals surface area contributed by atoms with Crippen LogP contribution in [0.15, 0.2) is 47.4 Å². The maximum atomic E-state index is 12.9. The first-order valence-electron chi connectivity index (χ1n) is 10.6. The van der Waals surface area contributed by atoms with E-state index >= 15 is 0 Å². The first-order valence-corrected chi connectivity index (χ1v) is 12.0. The summed E-state index contributed by atoms with van der Waals surface area (Å²) in [6.45, 7) is 2.64. The molecule has 1 N–H and O–H groups in total. The van der Waals surface area contributed by atoms with Crippen molar-refractivity contribution in [3.05, 3.63) is 63.7 Å². The van der Waals surface area contributed by atoms with Gasteiger partial charge in [0.05, 0.1) is 22.0 Å². The van der Waals surface area contributed by atoms with E-state index in [1.54, 1.807) is 6.92 Å². The maximum absolute atomic E-state index is 12.9. The molecular formula is C22H25N3O7S. The van der Waals surface area contributed by atoms with Crippen molar-refractivity contribution >= 4 is 33.3 Å². The van der Waals surface area contributed by atoms with Crippen LogP contribution in [0, 0.1) is 10.1 Å². The molecule has 1 aliphatic rings. The molecule has 1 fully saturated rings. The zero-order valence-electron chi connectivity index (χ0n) is 18.2. The van der Waals surface area contributed by atoms with E-state index in [1.807, 2.05) is 0 Å². The number of hydrogen-bond donors (Lipinski definition) is 1. The molecule has 1 heterocycles. The van der Waals surface area contributed by atoms with E-state index < -0.39 is 32.5 Å². The Bertz CT molecular complexity index is 1140. The number of amides is 1. The molecule has 176 valence electrons. The zero-order valence-corrected chi connectivity index (χ0v) is 19.0. The van der Waals surface area contributed by atoms with E-state index in [1.165, 1.54) is 34.6 Å². The standard InChI is InChI=1S/C22H25N3O7S/c1-2-32-22(27)17-13-16(14-19(15-17)25(28)29)21(26)23-18-7-9-20(10-8-18)33(30,31)24-11-5-3-4-6-12-24/h7-10,13-15H,2-6,11-12H2,1H3,(H,23,26). The van der Waals surface area contributed by atoms with Gasteiger partial charge in [0, 0.05) is 36.5 Å². The van der Waals surface area contributed by atoms with Crippen molar-refractivity contribution in [2.45, 2.75) is 37.5 Å². The predicted octanol–water partition coefficient (Wildman–Crippen LogP) is 3.59. The molecule has 0 radical (unpaired) electrons. The molecule has 0 aromatic heterocycles. The van der Waals surface area contributed by atoms with Gasteiger partial charge in [-0.1, -0.05) is 12.8 Å². The van der Waals surface area contributed by atoms with Gasteiger partial charge in [-0.05, 0) is 50.1 Å². The summed E-state index contributed by atoms with van der Waals surface area (Å²) in [7, 11) is -3.62. The van der Waals surface area contributed by atoms with Crippen molar-refractivity contribution < 1.29 is 27.7 Å². The van der Waals surface area contributed by atoms with Crippen LogP contribution in [-0.4, -0.2) is 49.2 Å². The number of hydrogen-bond acceptors (Lipinski definition) is 7. The fraction of sp³-hybridized carbons (Fsp3) is 0.364. The molecule has 0 bridgehead atoms. The summed E-state index contributed by atoms with van der Waals surface area (Å²) in [5.41, 5.74) is -0.341. The van der Waals surface area contributed by atoms with E-state index in [0.717, 1.165) is 37.8 Å². The van der Waals surface area contributed by atoms with Crippen LogP contribution in [0.4, 0.5) is 11.4 Å². The van der Waals surface area contributed by atoms with Gasteiger partial charge >= 0.3 is 5.97 Å². The van der Waals surface area contributed by atoms with E-state index in [4.69, 9.17) is 4.74 Å². The summed E-state index contributed by atoms with van der Waals surface area (Å²) in [5, 5.41) is 13.8. The third-order valence-corrected chi connectivity index (χ3v) is 7.13. The van der Waals surface area contributed by atoms with Crippen LogP contribution >= 0.6 is 0 Å². The van der Waals surface area contributed by atoms with E-state index in [-0.39, 0.29) is 22.6 Å². The highest BCUT2D eigenvalue weighted by atomic mass is 32.2. The fourth-order valence-electron chi connectivity index (χ4n) is 3.52. The van der Waals surface area contributed by atoms with Crippen LogP contribution in [0.1, 0.15) is 53.3 Å². The lowest BCUT2D eigenvalue weighted by atomic mass is 10.1. The predicted molar refractivity (Wildman–Crippen MR) is 121 cm³/mol. The average molecular weight is 476 g/mol. The molecule has 0 atom stereocenters. The summed E-state index contributed by atoms with van der Waals surface area (Å²) in [6, 6.07) is 9.02. The van der Waals surface area contributed by atoms with Gasteiger partial charge in [0.25, 0.3) is 11.6 Å². The van der Waals surface area contributed by atoms with Gasteiger partial charge in [-0.3, -0.25) is 14.9 Å². The summed E-state index contributed by atoms with van der Waals surface area (Å²) in [6.07, 6.45) is 3.66. The average Bonchev–Trinajstić information content (AvgIpc) is 3.09. The van der Waals surface area contributed by atoms with Gasteiger partial charge in [-0.25, -0.2) is 13.2 Å². The summed E-state index contributed by atoms with van der Waals surface area (Å²) in [5.74, 6) is -1.47. The van der Waals surface area contributed by atoms with Gasteiger partial charge in [0.15, 0.2) is 0 Å². The molecular weight excluding hydrogens is 450 g/mol. The molecule has 1 saturated heterocycles. The Kier molecular flexibility index (Phi) is 7.77. The maximum Gasteiger partial charge on any atom is 0.338 e. The Morgan fingerprint density at radius 1 is 1.03 bits per heavy atom. The van der Waals surface area contributed by atoms with Crippen molar-refractivity contribution in [3.63, 3.8) is 0 Å². The molecule has 3 rings (SSSR count). The highest BCUT2D eigenvalue weighted by molar-refractivity contribution is 7.89. The van der Waals surface area contributed by atoms with Crippen LogP contribution in [0.25, 0.3) is 0 Å². The third-order valence-electron chi connectivity index (χ3n) is 5.22. The number of nitrogens with one attached hydrogen (secondary N) is 1. The molecule has 0 spiro atoms. The molecule has 33 heavy (non-hydrogen) atoms. The Balaban J connectivity index is 1.79. The highest BCUT2D eigenvalue weighted by Gasteiger charge is 2.25. The number of non-ortho nitro benzene ring substituents is 1. The number of benzene rings is 2. The molecule has 2 aromatic rings. The number of anilines is 1. The summed E-state index contributed by atoms with van der Waals surface area (Å²) >= 11 is 0. The van der Waals surface area contributed by atoms with Crippen molar-refractivity contribution in [2.75, 3.05) is 25.0 Å². The van der Waals surface area contributed by atoms with E-state index in [9.17, 15) is 28.1 Å². The van der Waals surface area contributed by atoms with Crippen molar-refractivity contribution in [1.29, 1.82) is 0 Å². The smallest absolute Gasteiger partial charge is 0.338 e. The number of carbonyl (C=O) groups is 2. The SMILES string of the molecule is CCOC(=O)c1cc(C(=O)Nc2ccc(S(=O)(=O)N3CCCCCC3)cc2)cc([N+](=O)[O-])c1. The molecule has 0 aliphatic carbocycles. The van der Waals surface area contributed by atoms with Crippen molar-refractivity contribution in [1.82, 2.24) is 4.31 Å². The largest absolute Gasteiger partial charge is 0.462 e. The number of rotatable bonds is 7. The highest BCUT2D eigenvalue weighted by Crippen LogP contribution is 2.23. The van der Waals surface area contributed by atoms with Crippen LogP contribution in [-0.2, 0) is 14.8 Å². The fourth-order valence-corrected chi connectivity index (χ4v) is 5.04. The quantitative estimate of drug-likeness (QED) is 0.367. The van der Waals surface area contributed by atoms with Gasteiger partial charge in [0.1, 0.15) is 0 Å². The van der Waals surface area contributed by atoms with E-state index in [2.05, 4.69) is 5.32 Å². The second-order valence-electron chi connectivity index (χ2n) is 7.54. The lowest BCUT2D eigenvalue weighted by Gasteiger charge is -2.20. The number of nitrogens with zero attached hydrogens (tertiary/aromatic N) is 2. The zero-order chi connectivity index (χ0) is 24.0. The minimum absolute atomic E-state index is 0.0791. The first-order chi connectivity index (χ1) is 15.7. The molecule has 2 aromatic carbocycles. The molecule has 0 unspecified atom stereocenters. The second kappa shape index (κ2) is 10.5. The summed E-state index contributed by atoms with van der Waals surface area (Å²) < 4.78 is 32.1. The summed E-state index contributed by atoms with van der Waals surface area (Å²) in [4.78, 5) is 35.3. The number of nitro groups is 1. The molecule has 10 nitrogen and oxygen atoms in total. The van der Waals surface area contributed by atoms with Crippen LogP contribution in [0.5, 0.6) is 0 Å². The molecule has 11 heteroatoms. The lowest BCUT2D eigenvalue weighted by molar-refractivity contribution is -0.384. The van der Waals surface area contributed by atoms with Crippen molar-refractivity contribution in [2.24, 2.45) is 0 Å². The number of sulfonamides is 1. The minimum atomic E-state index is -3.62. The number of nitro benzene ring substituents is 1. The Hall–Kier alpha value is -3.31. The molecule has 1 amide bonds. The monoisotopic (exact) mass is 475 g/mol. The Morgan fingerprint density at radius 2 is 1.64 bits per heavy atom. The number of esters is 1. The van der Waals surface area contributed by atoms with Gasteiger partial charge in [-0.15, -0.1) is 0 Å². The van der Waals surface area contributed by atoms with Crippen LogP contribution < -0.4 is 5.32 Å². The van der Waals surface area contributed by atoms with Gasteiger partial charge < -0.3 is 10.1 Å². The van der Waals surface area contributed by atoms with Gasteiger partial charge in [0.2, 0.25) is 10.0 Å². The second-order valence-corrected chi connectivity index (χ2v) is 9.48. The minimum Gasteiger partial charge on any atom is -0.462 e. The number of carbonyl (C=O) groups excluding carboxylic acids is 2. The first kappa shape index (κ1) is 24.3. The molecule has 1 aliphatic heterocycles. The lowest BCUT2D eigenvalue weighted by Crippen LogP contribution is -2.31. The topological polar surface area (TPSA) is 136 Å². The molecule has 0 saturated carbocycles. The van der Waals surface area contributed by atoms with Crippen molar-refractivity contribution in [3.8, 4) is 0 Å². The van der Waals surface area contributed by atoms with E-state index in [0.29, 0.717) is 18.8 Å².